The van der Waals surface area contributed by atoms with Crippen molar-refractivity contribution in [2.45, 2.75) is 26.2 Å². The highest BCUT2D eigenvalue weighted by molar-refractivity contribution is 5.92. The Morgan fingerprint density at radius 2 is 1.94 bits per heavy atom. The molecule has 0 amide bonds. The van der Waals surface area contributed by atoms with Gasteiger partial charge in [0.15, 0.2) is 0 Å². The molecular weight excluding hydrogens is 204 g/mol. The van der Waals surface area contributed by atoms with Gasteiger partial charge >= 0.3 is 5.97 Å². The summed E-state index contributed by atoms with van der Waals surface area (Å²) in [6.45, 7) is 9.51. The zero-order chi connectivity index (χ0) is 12.5. The molecule has 0 aliphatic rings. The highest BCUT2D eigenvalue weighted by atomic mass is 16.4. The number of carboxylic acids is 1. The van der Waals surface area contributed by atoms with Gasteiger partial charge < -0.3 is 10.2 Å². The molecule has 0 unspecified atom stereocenters. The maximum atomic E-state index is 11.0. The third kappa shape index (κ3) is 2.24. The monoisotopic (exact) mass is 220 g/mol. The van der Waals surface area contributed by atoms with Gasteiger partial charge in [0.2, 0.25) is 0 Å². The molecule has 1 rings (SSSR count). The first-order valence-corrected chi connectivity index (χ1v) is 5.00. The lowest BCUT2D eigenvalue weighted by Crippen LogP contribution is -2.13. The Morgan fingerprint density at radius 1 is 1.38 bits per heavy atom. The summed E-state index contributed by atoms with van der Waals surface area (Å²) in [5.74, 6) is -1.36. The van der Waals surface area contributed by atoms with Crippen molar-refractivity contribution in [1.29, 1.82) is 0 Å². The van der Waals surface area contributed by atoms with Crippen molar-refractivity contribution in [2.24, 2.45) is 0 Å². The summed E-state index contributed by atoms with van der Waals surface area (Å²) in [7, 11) is 0. The third-order valence-corrected chi connectivity index (χ3v) is 2.46. The van der Waals surface area contributed by atoms with E-state index in [2.05, 4.69) is 6.58 Å². The van der Waals surface area contributed by atoms with Crippen LogP contribution in [0.3, 0.4) is 0 Å². The van der Waals surface area contributed by atoms with Crippen LogP contribution in [0.1, 0.15) is 42.3 Å². The van der Waals surface area contributed by atoms with E-state index in [1.165, 1.54) is 12.1 Å². The van der Waals surface area contributed by atoms with E-state index in [4.69, 9.17) is 5.11 Å². The van der Waals surface area contributed by atoms with Crippen molar-refractivity contribution in [3.63, 3.8) is 0 Å². The maximum absolute atomic E-state index is 11.0. The van der Waals surface area contributed by atoms with Crippen LogP contribution in [0.5, 0.6) is 5.75 Å². The molecular formula is C13H16O3. The summed E-state index contributed by atoms with van der Waals surface area (Å²) in [4.78, 5) is 11.0. The minimum atomic E-state index is -1.13. The normalized spacial score (nSPS) is 11.2. The number of benzene rings is 1. The van der Waals surface area contributed by atoms with E-state index >= 15 is 0 Å². The summed E-state index contributed by atoms with van der Waals surface area (Å²) in [5.41, 5.74) is 1.06. The van der Waals surface area contributed by atoms with Crippen molar-refractivity contribution in [3.8, 4) is 5.75 Å². The summed E-state index contributed by atoms with van der Waals surface area (Å²) < 4.78 is 0. The van der Waals surface area contributed by atoms with Gasteiger partial charge in [-0.2, -0.15) is 0 Å². The number of aromatic carboxylic acids is 1. The summed E-state index contributed by atoms with van der Waals surface area (Å²) in [6.07, 6.45) is 1.46. The highest BCUT2D eigenvalue weighted by Crippen LogP contribution is 2.31. The van der Waals surface area contributed by atoms with Crippen LogP contribution in [0, 0.1) is 0 Å². The van der Waals surface area contributed by atoms with Crippen LogP contribution in [0.25, 0.3) is 6.08 Å². The molecule has 0 aromatic heterocycles. The Bertz CT molecular complexity index is 439. The van der Waals surface area contributed by atoms with Gasteiger partial charge in [0.05, 0.1) is 0 Å². The van der Waals surface area contributed by atoms with Gasteiger partial charge in [-0.3, -0.25) is 0 Å². The molecule has 2 N–H and O–H groups in total. The molecule has 3 heteroatoms. The van der Waals surface area contributed by atoms with Gasteiger partial charge in [-0.05, 0) is 23.1 Å². The van der Waals surface area contributed by atoms with E-state index in [0.717, 1.165) is 5.56 Å². The van der Waals surface area contributed by atoms with E-state index in [0.29, 0.717) is 5.56 Å². The second kappa shape index (κ2) is 4.00. The zero-order valence-electron chi connectivity index (χ0n) is 9.74. The maximum Gasteiger partial charge on any atom is 0.339 e. The topological polar surface area (TPSA) is 57.5 Å². The number of hydrogen-bond acceptors (Lipinski definition) is 2. The van der Waals surface area contributed by atoms with Gasteiger partial charge in [0.1, 0.15) is 11.3 Å². The first-order valence-electron chi connectivity index (χ1n) is 5.00. The van der Waals surface area contributed by atoms with Crippen molar-refractivity contribution in [2.75, 3.05) is 0 Å². The fraction of sp³-hybridized carbons (Fsp3) is 0.308. The van der Waals surface area contributed by atoms with E-state index in [-0.39, 0.29) is 16.7 Å². The number of rotatable bonds is 2. The first kappa shape index (κ1) is 12.3. The van der Waals surface area contributed by atoms with Crippen LogP contribution in [0.4, 0.5) is 0 Å². The molecule has 0 aliphatic heterocycles. The summed E-state index contributed by atoms with van der Waals surface area (Å²) in [5, 5.41) is 18.7. The van der Waals surface area contributed by atoms with Gasteiger partial charge in [0, 0.05) is 5.56 Å². The molecule has 0 atom stereocenters. The molecule has 0 saturated heterocycles. The van der Waals surface area contributed by atoms with E-state index < -0.39 is 5.97 Å². The summed E-state index contributed by atoms with van der Waals surface area (Å²) in [6, 6.07) is 3.26. The van der Waals surface area contributed by atoms with E-state index in [1.807, 2.05) is 20.8 Å². The molecule has 0 heterocycles. The molecule has 0 aliphatic carbocycles. The first-order chi connectivity index (χ1) is 7.27. The molecule has 0 bridgehead atoms. The lowest BCUT2D eigenvalue weighted by molar-refractivity contribution is 0.0693. The molecule has 3 nitrogen and oxygen atoms in total. The predicted octanol–water partition coefficient (Wildman–Crippen LogP) is 3.03. The Kier molecular flexibility index (Phi) is 3.08. The van der Waals surface area contributed by atoms with Crippen molar-refractivity contribution < 1.29 is 15.0 Å². The Balaban J connectivity index is 3.52. The van der Waals surface area contributed by atoms with Gasteiger partial charge in [-0.15, -0.1) is 0 Å². The Labute approximate surface area is 95.0 Å². The standard InChI is InChI=1S/C13H16O3/c1-5-8-6-9(13(2,3)4)7-10(11(8)14)12(15)16/h5-7,14H,1H2,2-4H3,(H,15,16). The number of carbonyl (C=O) groups is 1. The molecule has 16 heavy (non-hydrogen) atoms. The van der Waals surface area contributed by atoms with Crippen LogP contribution in [0.15, 0.2) is 18.7 Å². The van der Waals surface area contributed by atoms with Crippen LogP contribution >= 0.6 is 0 Å². The lowest BCUT2D eigenvalue weighted by Gasteiger charge is -2.20. The number of aromatic hydroxyl groups is 1. The van der Waals surface area contributed by atoms with E-state index in [1.54, 1.807) is 6.07 Å². The average Bonchev–Trinajstić information content (AvgIpc) is 2.15. The number of phenols is 1. The number of hydrogen-bond donors (Lipinski definition) is 2. The zero-order valence-corrected chi connectivity index (χ0v) is 9.74. The molecule has 0 spiro atoms. The van der Waals surface area contributed by atoms with Crippen LogP contribution < -0.4 is 0 Å². The summed E-state index contributed by atoms with van der Waals surface area (Å²) >= 11 is 0. The largest absolute Gasteiger partial charge is 0.506 e. The predicted molar refractivity (Wildman–Crippen MR) is 63.9 cm³/mol. The van der Waals surface area contributed by atoms with Crippen molar-refractivity contribution in [1.82, 2.24) is 0 Å². The quantitative estimate of drug-likeness (QED) is 0.805. The van der Waals surface area contributed by atoms with Gasteiger partial charge in [-0.1, -0.05) is 33.4 Å². The van der Waals surface area contributed by atoms with Crippen LogP contribution in [-0.4, -0.2) is 16.2 Å². The molecule has 0 radical (unpaired) electrons. The lowest BCUT2D eigenvalue weighted by atomic mass is 9.84. The minimum absolute atomic E-state index is 0.0812. The fourth-order valence-electron chi connectivity index (χ4n) is 1.41. The molecule has 0 saturated carbocycles. The Hall–Kier alpha value is -1.77. The second-order valence-electron chi connectivity index (χ2n) is 4.72. The second-order valence-corrected chi connectivity index (χ2v) is 4.72. The van der Waals surface area contributed by atoms with Crippen molar-refractivity contribution in [3.05, 3.63) is 35.4 Å². The molecule has 86 valence electrons. The Morgan fingerprint density at radius 3 is 2.31 bits per heavy atom. The minimum Gasteiger partial charge on any atom is -0.506 e. The van der Waals surface area contributed by atoms with Crippen LogP contribution in [0.2, 0.25) is 0 Å². The highest BCUT2D eigenvalue weighted by Gasteiger charge is 2.20. The molecule has 1 aromatic carbocycles. The molecule has 1 aromatic rings. The SMILES string of the molecule is C=Cc1cc(C(C)(C)C)cc(C(=O)O)c1O. The van der Waals surface area contributed by atoms with Crippen LogP contribution in [-0.2, 0) is 5.41 Å². The van der Waals surface area contributed by atoms with Crippen molar-refractivity contribution >= 4 is 12.0 Å². The number of carboxylic acid groups (broad SMARTS) is 1. The smallest absolute Gasteiger partial charge is 0.339 e. The van der Waals surface area contributed by atoms with Gasteiger partial charge in [0.25, 0.3) is 0 Å². The third-order valence-electron chi connectivity index (χ3n) is 2.46. The molecule has 0 fully saturated rings. The average molecular weight is 220 g/mol. The van der Waals surface area contributed by atoms with E-state index in [9.17, 15) is 9.90 Å². The fourth-order valence-corrected chi connectivity index (χ4v) is 1.41. The van der Waals surface area contributed by atoms with Gasteiger partial charge in [-0.25, -0.2) is 4.79 Å².